The maximum Gasteiger partial charge on any atom is 0.416 e. The standard InChI is InChI=1S/C18H19F3N2O3S/c1-3-13-7-9-15(10-8-13)22-17(24)12-23(27(2,25)26)16-6-4-5-14(11-16)18(19,20)21/h4-11H,3,12H2,1-2H3,(H,22,24). The average Bonchev–Trinajstić information content (AvgIpc) is 2.59. The fraction of sp³-hybridized carbons (Fsp3) is 0.278. The lowest BCUT2D eigenvalue weighted by molar-refractivity contribution is -0.137. The third-order valence-electron chi connectivity index (χ3n) is 3.79. The molecule has 2 rings (SSSR count). The minimum Gasteiger partial charge on any atom is -0.325 e. The molecule has 1 N–H and O–H groups in total. The van der Waals surface area contributed by atoms with Crippen LogP contribution in [0.4, 0.5) is 24.5 Å². The first kappa shape index (κ1) is 20.8. The fourth-order valence-corrected chi connectivity index (χ4v) is 3.24. The summed E-state index contributed by atoms with van der Waals surface area (Å²) in [6, 6.07) is 10.8. The number of alkyl halides is 3. The van der Waals surface area contributed by atoms with E-state index in [0.29, 0.717) is 16.1 Å². The van der Waals surface area contributed by atoms with Gasteiger partial charge >= 0.3 is 6.18 Å². The maximum atomic E-state index is 12.9. The first-order valence-electron chi connectivity index (χ1n) is 8.04. The summed E-state index contributed by atoms with van der Waals surface area (Å²) in [5, 5.41) is 2.54. The molecule has 0 heterocycles. The van der Waals surface area contributed by atoms with Gasteiger partial charge in [0, 0.05) is 5.69 Å². The number of carbonyl (C=O) groups is 1. The van der Waals surface area contributed by atoms with Crippen LogP contribution >= 0.6 is 0 Å². The molecule has 0 unspecified atom stereocenters. The second-order valence-electron chi connectivity index (χ2n) is 5.92. The first-order chi connectivity index (χ1) is 12.5. The molecule has 0 aromatic heterocycles. The van der Waals surface area contributed by atoms with E-state index in [1.54, 1.807) is 12.1 Å². The number of benzene rings is 2. The van der Waals surface area contributed by atoms with Crippen LogP contribution in [0.25, 0.3) is 0 Å². The number of hydrogen-bond donors (Lipinski definition) is 1. The fourth-order valence-electron chi connectivity index (χ4n) is 2.39. The number of halogens is 3. The Balaban J connectivity index is 2.23. The van der Waals surface area contributed by atoms with Gasteiger partial charge in [0.25, 0.3) is 0 Å². The predicted molar refractivity (Wildman–Crippen MR) is 98.1 cm³/mol. The molecule has 5 nitrogen and oxygen atoms in total. The van der Waals surface area contributed by atoms with Crippen LogP contribution < -0.4 is 9.62 Å². The number of aryl methyl sites for hydroxylation is 1. The monoisotopic (exact) mass is 400 g/mol. The van der Waals surface area contributed by atoms with Gasteiger partial charge in [-0.05, 0) is 42.3 Å². The first-order valence-corrected chi connectivity index (χ1v) is 9.89. The molecule has 0 aliphatic rings. The van der Waals surface area contributed by atoms with Crippen molar-refractivity contribution in [3.05, 3.63) is 59.7 Å². The molecule has 0 aliphatic heterocycles. The molecule has 0 radical (unpaired) electrons. The highest BCUT2D eigenvalue weighted by Crippen LogP contribution is 2.32. The number of rotatable bonds is 6. The van der Waals surface area contributed by atoms with Crippen LogP contribution in [-0.2, 0) is 27.4 Å². The third kappa shape index (κ3) is 5.72. The van der Waals surface area contributed by atoms with E-state index in [1.807, 2.05) is 19.1 Å². The molecule has 0 aliphatic carbocycles. The Morgan fingerprint density at radius 1 is 1.11 bits per heavy atom. The molecule has 0 spiro atoms. The summed E-state index contributed by atoms with van der Waals surface area (Å²) in [6.45, 7) is 1.34. The van der Waals surface area contributed by atoms with Crippen LogP contribution in [0.1, 0.15) is 18.1 Å². The number of amides is 1. The predicted octanol–water partition coefficient (Wildman–Crippen LogP) is 3.67. The van der Waals surface area contributed by atoms with Crippen LogP contribution in [0.5, 0.6) is 0 Å². The number of nitrogens with zero attached hydrogens (tertiary/aromatic N) is 1. The number of carbonyl (C=O) groups excluding carboxylic acids is 1. The van der Waals surface area contributed by atoms with Crippen LogP contribution in [-0.4, -0.2) is 27.1 Å². The van der Waals surface area contributed by atoms with Gasteiger partial charge in [0.2, 0.25) is 15.9 Å². The van der Waals surface area contributed by atoms with Gasteiger partial charge in [0.1, 0.15) is 6.54 Å². The molecular formula is C18H19F3N2O3S. The highest BCUT2D eigenvalue weighted by molar-refractivity contribution is 7.92. The Labute approximate surface area is 155 Å². The Bertz CT molecular complexity index is 910. The van der Waals surface area contributed by atoms with Crippen molar-refractivity contribution < 1.29 is 26.4 Å². The van der Waals surface area contributed by atoms with Crippen LogP contribution in [0, 0.1) is 0 Å². The van der Waals surface area contributed by atoms with Gasteiger partial charge in [0.05, 0.1) is 17.5 Å². The number of anilines is 2. The Hall–Kier alpha value is -2.55. The second kappa shape index (κ2) is 7.99. The summed E-state index contributed by atoms with van der Waals surface area (Å²) in [5.41, 5.74) is 0.303. The van der Waals surface area contributed by atoms with Crippen molar-refractivity contribution in [2.45, 2.75) is 19.5 Å². The zero-order valence-electron chi connectivity index (χ0n) is 14.7. The lowest BCUT2D eigenvalue weighted by Gasteiger charge is -2.22. The number of sulfonamides is 1. The maximum absolute atomic E-state index is 12.9. The summed E-state index contributed by atoms with van der Waals surface area (Å²) in [5.74, 6) is -0.665. The van der Waals surface area contributed by atoms with Gasteiger partial charge < -0.3 is 5.32 Å². The van der Waals surface area contributed by atoms with Gasteiger partial charge in [-0.2, -0.15) is 13.2 Å². The van der Waals surface area contributed by atoms with Crippen molar-refractivity contribution in [2.24, 2.45) is 0 Å². The minimum atomic E-state index is -4.62. The van der Waals surface area contributed by atoms with Crippen LogP contribution in [0.3, 0.4) is 0 Å². The van der Waals surface area contributed by atoms with Crippen molar-refractivity contribution in [1.82, 2.24) is 0 Å². The lowest BCUT2D eigenvalue weighted by atomic mass is 10.1. The van der Waals surface area contributed by atoms with Gasteiger partial charge in [0.15, 0.2) is 0 Å². The van der Waals surface area contributed by atoms with Crippen LogP contribution in [0.15, 0.2) is 48.5 Å². The molecule has 0 bridgehead atoms. The minimum absolute atomic E-state index is 0.233. The largest absolute Gasteiger partial charge is 0.416 e. The summed E-state index contributed by atoms with van der Waals surface area (Å²) < 4.78 is 63.4. The van der Waals surface area contributed by atoms with E-state index < -0.39 is 34.2 Å². The number of hydrogen-bond acceptors (Lipinski definition) is 3. The quantitative estimate of drug-likeness (QED) is 0.805. The van der Waals surface area contributed by atoms with Crippen molar-refractivity contribution in [2.75, 3.05) is 22.4 Å². The molecule has 9 heteroatoms. The summed E-state index contributed by atoms with van der Waals surface area (Å²) in [7, 11) is -3.97. The Morgan fingerprint density at radius 2 is 1.74 bits per heavy atom. The summed E-state index contributed by atoms with van der Waals surface area (Å²) in [6.07, 6.45) is -2.97. The highest BCUT2D eigenvalue weighted by Gasteiger charge is 2.32. The summed E-state index contributed by atoms with van der Waals surface area (Å²) in [4.78, 5) is 12.2. The van der Waals surface area contributed by atoms with E-state index in [2.05, 4.69) is 5.32 Å². The van der Waals surface area contributed by atoms with E-state index in [4.69, 9.17) is 0 Å². The Kier molecular flexibility index (Phi) is 6.15. The van der Waals surface area contributed by atoms with E-state index in [9.17, 15) is 26.4 Å². The lowest BCUT2D eigenvalue weighted by Crippen LogP contribution is -2.37. The van der Waals surface area contributed by atoms with E-state index in [1.165, 1.54) is 6.07 Å². The van der Waals surface area contributed by atoms with Crippen LogP contribution in [0.2, 0.25) is 0 Å². The van der Waals surface area contributed by atoms with Crippen molar-refractivity contribution in [1.29, 1.82) is 0 Å². The van der Waals surface area contributed by atoms with E-state index in [-0.39, 0.29) is 5.69 Å². The van der Waals surface area contributed by atoms with Gasteiger partial charge in [-0.1, -0.05) is 25.1 Å². The topological polar surface area (TPSA) is 66.5 Å². The average molecular weight is 400 g/mol. The van der Waals surface area contributed by atoms with Crippen molar-refractivity contribution in [3.63, 3.8) is 0 Å². The molecule has 0 atom stereocenters. The molecule has 27 heavy (non-hydrogen) atoms. The van der Waals surface area contributed by atoms with Gasteiger partial charge in [-0.25, -0.2) is 8.42 Å². The SMILES string of the molecule is CCc1ccc(NC(=O)CN(c2cccc(C(F)(F)F)c2)S(C)(=O)=O)cc1. The molecule has 0 saturated carbocycles. The summed E-state index contributed by atoms with van der Waals surface area (Å²) >= 11 is 0. The molecule has 0 saturated heterocycles. The van der Waals surface area contributed by atoms with E-state index in [0.717, 1.165) is 30.4 Å². The third-order valence-corrected chi connectivity index (χ3v) is 4.94. The van der Waals surface area contributed by atoms with Crippen molar-refractivity contribution in [3.8, 4) is 0 Å². The molecular weight excluding hydrogens is 381 g/mol. The smallest absolute Gasteiger partial charge is 0.325 e. The van der Waals surface area contributed by atoms with Crippen molar-refractivity contribution >= 4 is 27.3 Å². The Morgan fingerprint density at radius 3 is 2.26 bits per heavy atom. The molecule has 146 valence electrons. The second-order valence-corrected chi connectivity index (χ2v) is 7.82. The number of nitrogens with one attached hydrogen (secondary N) is 1. The zero-order chi connectivity index (χ0) is 20.2. The van der Waals surface area contributed by atoms with E-state index >= 15 is 0 Å². The zero-order valence-corrected chi connectivity index (χ0v) is 15.6. The normalized spacial score (nSPS) is 11.9. The molecule has 2 aromatic rings. The van der Waals surface area contributed by atoms with Gasteiger partial charge in [-0.15, -0.1) is 0 Å². The van der Waals surface area contributed by atoms with Gasteiger partial charge in [-0.3, -0.25) is 9.10 Å². The highest BCUT2D eigenvalue weighted by atomic mass is 32.2. The molecule has 0 fully saturated rings. The molecule has 2 aromatic carbocycles. The molecule has 1 amide bonds.